The summed E-state index contributed by atoms with van der Waals surface area (Å²) in [5, 5.41) is 1.95. The number of pyridine rings is 2. The molecule has 2 aromatic heterocycles. The van der Waals surface area contributed by atoms with Crippen LogP contribution in [0.15, 0.2) is 29.4 Å². The molecule has 0 amide bonds. The largest absolute Gasteiger partial charge is 0.482 e. The molecule has 1 saturated heterocycles. The van der Waals surface area contributed by atoms with Crippen molar-refractivity contribution in [2.24, 2.45) is 4.99 Å². The normalized spacial score (nSPS) is 15.6. The predicted molar refractivity (Wildman–Crippen MR) is 126 cm³/mol. The Kier molecular flexibility index (Phi) is 8.81. The van der Waals surface area contributed by atoms with Gasteiger partial charge in [-0.25, -0.2) is 24.2 Å². The van der Waals surface area contributed by atoms with Gasteiger partial charge in [-0.3, -0.25) is 9.80 Å². The molecular weight excluding hydrogens is 476 g/mol. The van der Waals surface area contributed by atoms with Gasteiger partial charge in [0.25, 0.3) is 12.3 Å². The van der Waals surface area contributed by atoms with Crippen LogP contribution in [0.25, 0.3) is 0 Å². The molecule has 8 nitrogen and oxygen atoms in total. The van der Waals surface area contributed by atoms with Crippen molar-refractivity contribution >= 4 is 47.4 Å². The van der Waals surface area contributed by atoms with Crippen LogP contribution in [0.3, 0.4) is 0 Å². The van der Waals surface area contributed by atoms with Gasteiger partial charge >= 0.3 is 0 Å². The first-order valence-corrected chi connectivity index (χ1v) is 11.7. The highest BCUT2D eigenvalue weighted by atomic mass is 35.5. The van der Waals surface area contributed by atoms with Crippen molar-refractivity contribution in [1.82, 2.24) is 15.4 Å². The van der Waals surface area contributed by atoms with Gasteiger partial charge in [0, 0.05) is 30.9 Å². The zero-order valence-electron chi connectivity index (χ0n) is 18.1. The number of nitrogens with zero attached hydrogens (tertiary/aromatic N) is 4. The maximum absolute atomic E-state index is 12.6. The summed E-state index contributed by atoms with van der Waals surface area (Å²) in [6.45, 7) is 1.31. The zero-order chi connectivity index (χ0) is 23.8. The third-order valence-corrected chi connectivity index (χ3v) is 6.00. The number of nitrogens with one attached hydrogen (secondary N) is 1. The fourth-order valence-corrected chi connectivity index (χ4v) is 4.71. The van der Waals surface area contributed by atoms with E-state index in [4.69, 9.17) is 21.1 Å². The smallest absolute Gasteiger partial charge is 0.272 e. The van der Waals surface area contributed by atoms with E-state index in [1.54, 1.807) is 18.1 Å². The van der Waals surface area contributed by atoms with Crippen molar-refractivity contribution in [2.75, 3.05) is 30.2 Å². The molecule has 178 valence electrons. The van der Waals surface area contributed by atoms with Crippen LogP contribution in [-0.2, 0) is 4.79 Å². The van der Waals surface area contributed by atoms with Crippen molar-refractivity contribution in [3.05, 3.63) is 29.4 Å². The monoisotopic (exact) mass is 499 g/mol. The molecule has 0 bridgehead atoms. The van der Waals surface area contributed by atoms with Crippen LogP contribution in [0.1, 0.15) is 19.8 Å². The van der Waals surface area contributed by atoms with Crippen LogP contribution in [0, 0.1) is 0 Å². The average Bonchev–Trinajstić information content (AvgIpc) is 2.78. The number of aliphatic imine (C=N–C) groups is 1. The highest BCUT2D eigenvalue weighted by molar-refractivity contribution is 7.99. The third-order valence-electron chi connectivity index (χ3n) is 4.81. The van der Waals surface area contributed by atoms with E-state index in [0.29, 0.717) is 17.8 Å². The highest BCUT2D eigenvalue weighted by Gasteiger charge is 2.29. The van der Waals surface area contributed by atoms with Gasteiger partial charge in [-0.2, -0.15) is 16.7 Å². The van der Waals surface area contributed by atoms with Crippen molar-refractivity contribution in [3.63, 3.8) is 0 Å². The number of ether oxygens (including phenoxy) is 2. The fraction of sp³-hybridized carbons (Fsp3) is 0.429. The molecule has 0 radical (unpaired) electrons. The van der Waals surface area contributed by atoms with Gasteiger partial charge in [-0.05, 0) is 37.3 Å². The summed E-state index contributed by atoms with van der Waals surface area (Å²) in [4.78, 5) is 23.5. The van der Waals surface area contributed by atoms with E-state index >= 15 is 0 Å². The summed E-state index contributed by atoms with van der Waals surface area (Å²) in [6.07, 6.45) is 2.30. The molecule has 0 unspecified atom stereocenters. The van der Waals surface area contributed by atoms with E-state index in [2.05, 4.69) is 27.3 Å². The number of aromatic nitrogens is 2. The Labute approximate surface area is 199 Å². The Morgan fingerprint density at radius 1 is 1.39 bits per heavy atom. The second kappa shape index (κ2) is 11.6. The lowest BCUT2D eigenvalue weighted by molar-refractivity contribution is -0.102. The zero-order valence-corrected chi connectivity index (χ0v) is 19.7. The number of rotatable bonds is 10. The number of hydrazine groups is 1. The molecule has 1 fully saturated rings. The Balaban J connectivity index is 1.88. The SMILES string of the molecule is CN(NC1(C)CCSCC1)c1nc(Oc2ncc(Cl)cc2OCC(F)F)ccc1N=CC=O. The lowest BCUT2D eigenvalue weighted by atomic mass is 9.96. The van der Waals surface area contributed by atoms with Crippen LogP contribution in [0.5, 0.6) is 17.5 Å². The molecule has 1 N–H and O–H groups in total. The number of hydrogen-bond acceptors (Lipinski definition) is 9. The molecule has 1 aliphatic heterocycles. The molecule has 3 rings (SSSR count). The molecule has 0 aliphatic carbocycles. The van der Waals surface area contributed by atoms with Crippen molar-refractivity contribution < 1.29 is 23.0 Å². The summed E-state index contributed by atoms with van der Waals surface area (Å²) in [6, 6.07) is 4.50. The number of anilines is 1. The lowest BCUT2D eigenvalue weighted by Gasteiger charge is -2.38. The summed E-state index contributed by atoms with van der Waals surface area (Å²) in [7, 11) is 1.80. The van der Waals surface area contributed by atoms with E-state index in [1.807, 2.05) is 11.8 Å². The third kappa shape index (κ3) is 7.24. The van der Waals surface area contributed by atoms with E-state index in [9.17, 15) is 13.6 Å². The fourth-order valence-electron chi connectivity index (χ4n) is 3.17. The summed E-state index contributed by atoms with van der Waals surface area (Å²) in [5.41, 5.74) is 3.78. The van der Waals surface area contributed by atoms with E-state index in [-0.39, 0.29) is 28.1 Å². The molecule has 12 heteroatoms. The van der Waals surface area contributed by atoms with E-state index in [0.717, 1.165) is 30.6 Å². The molecule has 0 atom stereocenters. The standard InChI is InChI=1S/C21H24ClF2N5O3S/c1-21(5-9-33-10-6-21)28-29(2)19-15(25-7-8-30)3-4-18(27-19)32-20-16(31-13-17(23)24)11-14(22)12-26-20/h3-4,7-8,11-12,17,28H,5-6,9-10,13H2,1-2H3. The van der Waals surface area contributed by atoms with Gasteiger partial charge in [0.2, 0.25) is 5.88 Å². The molecule has 0 saturated carbocycles. The molecular formula is C21H24ClF2N5O3S. The number of carbonyl (C=O) groups is 1. The topological polar surface area (TPSA) is 88.9 Å². The van der Waals surface area contributed by atoms with Crippen LogP contribution in [-0.4, -0.2) is 59.6 Å². The number of halogens is 3. The quantitative estimate of drug-likeness (QED) is 0.286. The summed E-state index contributed by atoms with van der Waals surface area (Å²) < 4.78 is 36.0. The number of alkyl halides is 2. The molecule has 2 aromatic rings. The summed E-state index contributed by atoms with van der Waals surface area (Å²) in [5.74, 6) is 2.54. The van der Waals surface area contributed by atoms with Gasteiger partial charge in [0.05, 0.1) is 11.2 Å². The van der Waals surface area contributed by atoms with Gasteiger partial charge in [0.1, 0.15) is 12.3 Å². The van der Waals surface area contributed by atoms with Gasteiger partial charge < -0.3 is 9.47 Å². The van der Waals surface area contributed by atoms with Crippen LogP contribution in [0.2, 0.25) is 5.02 Å². The van der Waals surface area contributed by atoms with E-state index in [1.165, 1.54) is 18.3 Å². The molecule has 3 heterocycles. The average molecular weight is 500 g/mol. The lowest BCUT2D eigenvalue weighted by Crippen LogP contribution is -2.53. The minimum Gasteiger partial charge on any atom is -0.482 e. The Morgan fingerprint density at radius 2 is 2.15 bits per heavy atom. The van der Waals surface area contributed by atoms with Crippen molar-refractivity contribution in [1.29, 1.82) is 0 Å². The Morgan fingerprint density at radius 3 is 2.85 bits per heavy atom. The number of thioether (sulfide) groups is 1. The maximum Gasteiger partial charge on any atom is 0.272 e. The van der Waals surface area contributed by atoms with E-state index < -0.39 is 13.0 Å². The molecule has 0 spiro atoms. The Bertz CT molecular complexity index is 992. The van der Waals surface area contributed by atoms with Crippen molar-refractivity contribution in [3.8, 4) is 17.5 Å². The van der Waals surface area contributed by atoms with Gasteiger partial charge in [-0.1, -0.05) is 11.6 Å². The van der Waals surface area contributed by atoms with Crippen molar-refractivity contribution in [2.45, 2.75) is 31.7 Å². The summed E-state index contributed by atoms with van der Waals surface area (Å²) >= 11 is 7.83. The van der Waals surface area contributed by atoms with Crippen LogP contribution < -0.4 is 19.9 Å². The first kappa shape index (κ1) is 25.1. The number of hydrogen-bond donors (Lipinski definition) is 1. The van der Waals surface area contributed by atoms with Crippen LogP contribution >= 0.6 is 23.4 Å². The number of carbonyl (C=O) groups excluding carboxylic acids is 1. The first-order valence-electron chi connectivity index (χ1n) is 10.1. The predicted octanol–water partition coefficient (Wildman–Crippen LogP) is 4.69. The highest BCUT2D eigenvalue weighted by Crippen LogP contribution is 2.35. The Hall–Kier alpha value is -2.50. The van der Waals surface area contributed by atoms with Gasteiger partial charge in [-0.15, -0.1) is 0 Å². The minimum atomic E-state index is -2.67. The minimum absolute atomic E-state index is 0.0344. The molecule has 1 aliphatic rings. The second-order valence-electron chi connectivity index (χ2n) is 7.51. The molecule has 0 aromatic carbocycles. The maximum atomic E-state index is 12.6. The van der Waals surface area contributed by atoms with Gasteiger partial charge in [0.15, 0.2) is 17.9 Å². The molecule has 33 heavy (non-hydrogen) atoms. The first-order chi connectivity index (χ1) is 15.8. The second-order valence-corrected chi connectivity index (χ2v) is 9.17. The van der Waals surface area contributed by atoms with Crippen LogP contribution in [0.4, 0.5) is 20.3 Å². The number of aldehydes is 1.